The van der Waals surface area contributed by atoms with E-state index in [1.54, 1.807) is 24.3 Å². The van der Waals surface area contributed by atoms with Crippen molar-refractivity contribution in [3.63, 3.8) is 0 Å². The highest BCUT2D eigenvalue weighted by Gasteiger charge is 2.18. The van der Waals surface area contributed by atoms with Crippen LogP contribution >= 0.6 is 23.2 Å². The van der Waals surface area contributed by atoms with Crippen molar-refractivity contribution in [2.24, 2.45) is 0 Å². The van der Waals surface area contributed by atoms with Gasteiger partial charge in [0.25, 0.3) is 0 Å². The van der Waals surface area contributed by atoms with Crippen LogP contribution in [0.4, 0.5) is 32.3 Å². The van der Waals surface area contributed by atoms with E-state index in [9.17, 15) is 26.4 Å². The quantitative estimate of drug-likeness (QED) is 0.106. The molecule has 48 heavy (non-hydrogen) atoms. The number of hydrogen-bond acceptors (Lipinski definition) is 8. The summed E-state index contributed by atoms with van der Waals surface area (Å²) in [6.45, 7) is 0. The van der Waals surface area contributed by atoms with Crippen molar-refractivity contribution in [2.75, 3.05) is 21.3 Å². The molecule has 5 rings (SSSR count). The Kier molecular flexibility index (Phi) is 10.4. The second-order valence-electron chi connectivity index (χ2n) is 9.74. The predicted molar refractivity (Wildman–Crippen MR) is 183 cm³/mol. The number of carbonyl (C=O) groups is 2. The van der Waals surface area contributed by atoms with Gasteiger partial charge in [-0.1, -0.05) is 35.3 Å². The van der Waals surface area contributed by atoms with Gasteiger partial charge in [0.1, 0.15) is 21.3 Å². The molecule has 12 nitrogen and oxygen atoms in total. The summed E-state index contributed by atoms with van der Waals surface area (Å²) >= 11 is 11.6. The summed E-state index contributed by atoms with van der Waals surface area (Å²) in [5.74, 6) is 0.0585. The average molecular weight is 728 g/mol. The molecular formula is C32H24Cl2N4O8S2. The Morgan fingerprint density at radius 2 is 0.792 bits per heavy atom. The zero-order chi connectivity index (χ0) is 34.3. The summed E-state index contributed by atoms with van der Waals surface area (Å²) in [7, 11) is -8.18. The van der Waals surface area contributed by atoms with Gasteiger partial charge in [-0.25, -0.2) is 9.59 Å². The molecule has 0 aliphatic carbocycles. The van der Waals surface area contributed by atoms with E-state index in [1.807, 2.05) is 0 Å². The van der Waals surface area contributed by atoms with Crippen LogP contribution in [0, 0.1) is 0 Å². The zero-order valence-electron chi connectivity index (χ0n) is 24.4. The van der Waals surface area contributed by atoms with Crippen molar-refractivity contribution in [1.29, 1.82) is 0 Å². The molecule has 0 saturated carbocycles. The molecule has 246 valence electrons. The lowest BCUT2D eigenvalue weighted by atomic mass is 10.2. The topological polar surface area (TPSA) is 169 Å². The van der Waals surface area contributed by atoms with Gasteiger partial charge < -0.3 is 29.6 Å². The molecule has 0 saturated heterocycles. The highest BCUT2D eigenvalue weighted by Crippen LogP contribution is 2.25. The first-order valence-corrected chi connectivity index (χ1v) is 17.3. The van der Waals surface area contributed by atoms with Crippen molar-refractivity contribution >= 4 is 78.2 Å². The lowest BCUT2D eigenvalue weighted by Gasteiger charge is -2.14. The molecule has 4 N–H and O–H groups in total. The third-order valence-corrected chi connectivity index (χ3v) is 9.29. The third kappa shape index (κ3) is 9.17. The first kappa shape index (κ1) is 34.1. The molecule has 0 aliphatic heterocycles. The van der Waals surface area contributed by atoms with Gasteiger partial charge in [0.05, 0.1) is 11.4 Å². The second kappa shape index (κ2) is 14.6. The van der Waals surface area contributed by atoms with Crippen molar-refractivity contribution < 1.29 is 34.8 Å². The smallest absolute Gasteiger partial charge is 0.339 e. The van der Waals surface area contributed by atoms with E-state index in [1.165, 1.54) is 97.1 Å². The number of para-hydroxylation sites is 2. The zero-order valence-corrected chi connectivity index (χ0v) is 27.5. The summed E-state index contributed by atoms with van der Waals surface area (Å²) in [6.07, 6.45) is 0. The van der Waals surface area contributed by atoms with Gasteiger partial charge in [0.2, 0.25) is 0 Å². The molecule has 4 amide bonds. The standard InChI is InChI=1S/C32H24Cl2N4O8S2/c33-21-5-17-27(18-6-21)47(41,42)45-25-13-9-23(10-14-25)35-31(39)37-29-3-1-2-4-30(29)38-32(40)36-24-11-15-26(16-12-24)46-48(43,44)28-19-7-22(34)8-20-28/h1-20H,(H2,35,37,39)(H2,36,38,40). The number of amides is 4. The maximum absolute atomic E-state index is 12.7. The van der Waals surface area contributed by atoms with E-state index in [0.29, 0.717) is 21.4 Å². The number of urea groups is 2. The fraction of sp³-hybridized carbons (Fsp3) is 0. The lowest BCUT2D eigenvalue weighted by molar-refractivity contribution is 0.261. The van der Waals surface area contributed by atoms with Gasteiger partial charge >= 0.3 is 32.3 Å². The van der Waals surface area contributed by atoms with Crippen LogP contribution in [-0.4, -0.2) is 28.9 Å². The van der Waals surface area contributed by atoms with Crippen molar-refractivity contribution in [2.45, 2.75) is 9.79 Å². The van der Waals surface area contributed by atoms with E-state index < -0.39 is 32.3 Å². The van der Waals surface area contributed by atoms with Crippen LogP contribution in [0.5, 0.6) is 11.5 Å². The maximum Gasteiger partial charge on any atom is 0.339 e. The average Bonchev–Trinajstić information content (AvgIpc) is 3.04. The number of hydrogen-bond donors (Lipinski definition) is 4. The third-order valence-electron chi connectivity index (χ3n) is 6.26. The highest BCUT2D eigenvalue weighted by atomic mass is 35.5. The van der Waals surface area contributed by atoms with Gasteiger partial charge in [-0.15, -0.1) is 0 Å². The van der Waals surface area contributed by atoms with E-state index in [4.69, 9.17) is 31.6 Å². The van der Waals surface area contributed by atoms with E-state index in [-0.39, 0.29) is 32.7 Å². The molecule has 0 aromatic heterocycles. The maximum atomic E-state index is 12.7. The number of halogens is 2. The van der Waals surface area contributed by atoms with Crippen LogP contribution in [0.1, 0.15) is 0 Å². The SMILES string of the molecule is O=C(Nc1ccc(OS(=O)(=O)c2ccc(Cl)cc2)cc1)Nc1ccccc1NC(=O)Nc1ccc(OS(=O)(=O)c2ccc(Cl)cc2)cc1. The highest BCUT2D eigenvalue weighted by molar-refractivity contribution is 7.87. The van der Waals surface area contributed by atoms with Crippen LogP contribution in [0.3, 0.4) is 0 Å². The van der Waals surface area contributed by atoms with E-state index in [0.717, 1.165) is 0 Å². The van der Waals surface area contributed by atoms with Crippen LogP contribution in [0.15, 0.2) is 131 Å². The predicted octanol–water partition coefficient (Wildman–Crippen LogP) is 7.82. The van der Waals surface area contributed by atoms with Gasteiger partial charge in [-0.2, -0.15) is 16.8 Å². The molecule has 5 aromatic rings. The normalized spacial score (nSPS) is 11.2. The Balaban J connectivity index is 1.14. The fourth-order valence-corrected chi connectivity index (χ4v) is 6.12. The number of benzene rings is 5. The summed E-state index contributed by atoms with van der Waals surface area (Å²) in [5.41, 5.74) is 1.21. The van der Waals surface area contributed by atoms with Gasteiger partial charge in [0, 0.05) is 21.4 Å². The first-order valence-electron chi connectivity index (χ1n) is 13.7. The summed E-state index contributed by atoms with van der Waals surface area (Å²) < 4.78 is 60.3. The first-order chi connectivity index (χ1) is 22.9. The van der Waals surface area contributed by atoms with Gasteiger partial charge in [-0.3, -0.25) is 0 Å². The Hall–Kier alpha value is -5.28. The van der Waals surface area contributed by atoms with Crippen LogP contribution < -0.4 is 29.6 Å². The minimum atomic E-state index is -4.09. The molecular weight excluding hydrogens is 703 g/mol. The fourth-order valence-electron chi connectivity index (χ4n) is 4.01. The van der Waals surface area contributed by atoms with E-state index in [2.05, 4.69) is 21.3 Å². The molecule has 0 spiro atoms. The van der Waals surface area contributed by atoms with Crippen molar-refractivity contribution in [1.82, 2.24) is 0 Å². The van der Waals surface area contributed by atoms with Crippen LogP contribution in [-0.2, 0) is 20.2 Å². The molecule has 0 radical (unpaired) electrons. The molecule has 16 heteroatoms. The Morgan fingerprint density at radius 3 is 1.12 bits per heavy atom. The van der Waals surface area contributed by atoms with Gasteiger partial charge in [0.15, 0.2) is 0 Å². The monoisotopic (exact) mass is 726 g/mol. The number of carbonyl (C=O) groups excluding carboxylic acids is 2. The largest absolute Gasteiger partial charge is 0.379 e. The number of nitrogens with one attached hydrogen (secondary N) is 4. The summed E-state index contributed by atoms with van der Waals surface area (Å²) in [5, 5.41) is 11.3. The molecule has 0 fully saturated rings. The van der Waals surface area contributed by atoms with E-state index >= 15 is 0 Å². The Bertz CT molecular complexity index is 1990. The Labute approximate surface area is 285 Å². The minimum Gasteiger partial charge on any atom is -0.379 e. The van der Waals surface area contributed by atoms with Crippen molar-refractivity contribution in [3.8, 4) is 11.5 Å². The number of anilines is 4. The molecule has 5 aromatic carbocycles. The summed E-state index contributed by atoms with van der Waals surface area (Å²) in [6, 6.07) is 27.5. The molecule has 0 aliphatic rings. The van der Waals surface area contributed by atoms with Crippen LogP contribution in [0.25, 0.3) is 0 Å². The number of rotatable bonds is 10. The molecule has 0 heterocycles. The Morgan fingerprint density at radius 1 is 0.458 bits per heavy atom. The lowest BCUT2D eigenvalue weighted by Crippen LogP contribution is -2.23. The second-order valence-corrected chi connectivity index (χ2v) is 13.7. The molecule has 0 atom stereocenters. The van der Waals surface area contributed by atoms with Gasteiger partial charge in [-0.05, 0) is 109 Å². The summed E-state index contributed by atoms with van der Waals surface area (Å²) in [4.78, 5) is 25.3. The molecule has 0 unspecified atom stereocenters. The van der Waals surface area contributed by atoms with Crippen LogP contribution in [0.2, 0.25) is 10.0 Å². The molecule has 0 bridgehead atoms. The van der Waals surface area contributed by atoms with Crippen molar-refractivity contribution in [3.05, 3.63) is 131 Å². The minimum absolute atomic E-state index is 0.0293.